The van der Waals surface area contributed by atoms with Gasteiger partial charge in [-0.3, -0.25) is 0 Å². The average molecular weight is 306 g/mol. The summed E-state index contributed by atoms with van der Waals surface area (Å²) in [4.78, 5) is 10.7. The molecule has 3 rings (SSSR count). The lowest BCUT2D eigenvalue weighted by Gasteiger charge is -2.25. The number of hydrogen-bond donors (Lipinski definition) is 1. The van der Waals surface area contributed by atoms with Gasteiger partial charge in [0.15, 0.2) is 16.0 Å². The van der Waals surface area contributed by atoms with Gasteiger partial charge in [0.2, 0.25) is 0 Å². The molecular weight excluding hydrogens is 297 g/mol. The number of hydrogen-bond acceptors (Lipinski definition) is 6. The van der Waals surface area contributed by atoms with Crippen LogP contribution in [0.15, 0.2) is 5.38 Å². The third-order valence-electron chi connectivity index (χ3n) is 2.80. The number of thiazole rings is 2. The Bertz CT molecular complexity index is 604. The van der Waals surface area contributed by atoms with Crippen molar-refractivity contribution < 1.29 is 13.2 Å². The number of alkyl halides is 3. The highest BCUT2D eigenvalue weighted by Gasteiger charge is 2.34. The number of nitrogen functional groups attached to an aromatic ring is 1. The van der Waals surface area contributed by atoms with Crippen molar-refractivity contribution in [1.29, 1.82) is 0 Å². The minimum absolute atomic E-state index is 0.393. The topological polar surface area (TPSA) is 55.0 Å². The summed E-state index contributed by atoms with van der Waals surface area (Å²) in [5.41, 5.74) is 5.75. The smallest absolute Gasteiger partial charge is 0.375 e. The first-order valence-electron chi connectivity index (χ1n) is 5.45. The van der Waals surface area contributed by atoms with E-state index >= 15 is 0 Å². The van der Waals surface area contributed by atoms with Gasteiger partial charge in [-0.25, -0.2) is 9.97 Å². The number of anilines is 2. The standard InChI is InChI=1S/C10H9F3N4S2/c11-10(12,13)7-4-18-9(16-7)17-2-1-5-6(3-17)19-8(14)15-5/h4H,1-3H2,(H2,14,15). The largest absolute Gasteiger partial charge is 0.434 e. The van der Waals surface area contributed by atoms with Gasteiger partial charge >= 0.3 is 6.18 Å². The second-order valence-corrected chi connectivity index (χ2v) is 6.06. The van der Waals surface area contributed by atoms with Crippen LogP contribution >= 0.6 is 22.7 Å². The minimum Gasteiger partial charge on any atom is -0.375 e. The maximum absolute atomic E-state index is 12.5. The van der Waals surface area contributed by atoms with Gasteiger partial charge in [0.1, 0.15) is 0 Å². The Morgan fingerprint density at radius 1 is 1.32 bits per heavy atom. The molecule has 0 aromatic carbocycles. The molecule has 102 valence electrons. The Labute approximate surface area is 114 Å². The Hall–Kier alpha value is -1.35. The van der Waals surface area contributed by atoms with Crippen molar-refractivity contribution in [3.63, 3.8) is 0 Å². The van der Waals surface area contributed by atoms with E-state index < -0.39 is 11.9 Å². The Balaban J connectivity index is 1.83. The fraction of sp³-hybridized carbons (Fsp3) is 0.400. The molecule has 0 radical (unpaired) electrons. The maximum Gasteiger partial charge on any atom is 0.434 e. The summed E-state index contributed by atoms with van der Waals surface area (Å²) >= 11 is 2.39. The van der Waals surface area contributed by atoms with E-state index in [2.05, 4.69) is 9.97 Å². The monoisotopic (exact) mass is 306 g/mol. The highest BCUT2D eigenvalue weighted by molar-refractivity contribution is 7.15. The summed E-state index contributed by atoms with van der Waals surface area (Å²) in [7, 11) is 0. The van der Waals surface area contributed by atoms with Gasteiger partial charge in [-0.2, -0.15) is 13.2 Å². The van der Waals surface area contributed by atoms with Crippen molar-refractivity contribution in [2.24, 2.45) is 0 Å². The van der Waals surface area contributed by atoms with Gasteiger partial charge in [0.25, 0.3) is 0 Å². The van der Waals surface area contributed by atoms with E-state index in [1.54, 1.807) is 0 Å². The molecule has 0 bridgehead atoms. The zero-order chi connectivity index (χ0) is 13.6. The second-order valence-electron chi connectivity index (χ2n) is 4.11. The van der Waals surface area contributed by atoms with Crippen LogP contribution in [0.4, 0.5) is 23.4 Å². The molecule has 0 fully saturated rings. The Morgan fingerprint density at radius 2 is 2.11 bits per heavy atom. The zero-order valence-corrected chi connectivity index (χ0v) is 11.2. The first-order valence-corrected chi connectivity index (χ1v) is 7.15. The first kappa shape index (κ1) is 12.7. The van der Waals surface area contributed by atoms with Crippen LogP contribution < -0.4 is 10.6 Å². The van der Waals surface area contributed by atoms with Crippen LogP contribution in [0.1, 0.15) is 16.3 Å². The van der Waals surface area contributed by atoms with Crippen molar-refractivity contribution in [1.82, 2.24) is 9.97 Å². The lowest BCUT2D eigenvalue weighted by atomic mass is 10.2. The fourth-order valence-corrected chi connectivity index (χ4v) is 3.67. The summed E-state index contributed by atoms with van der Waals surface area (Å²) < 4.78 is 37.5. The Morgan fingerprint density at radius 3 is 2.79 bits per heavy atom. The molecular formula is C10H9F3N4S2. The minimum atomic E-state index is -4.38. The highest BCUT2D eigenvalue weighted by atomic mass is 32.1. The molecule has 0 atom stereocenters. The zero-order valence-electron chi connectivity index (χ0n) is 9.57. The van der Waals surface area contributed by atoms with Crippen molar-refractivity contribution in [2.75, 3.05) is 17.2 Å². The lowest BCUT2D eigenvalue weighted by molar-refractivity contribution is -0.140. The van der Waals surface area contributed by atoms with Gasteiger partial charge in [-0.15, -0.1) is 22.7 Å². The summed E-state index contributed by atoms with van der Waals surface area (Å²) in [5.74, 6) is 0. The third-order valence-corrected chi connectivity index (χ3v) is 4.61. The normalized spacial score (nSPS) is 15.6. The summed E-state index contributed by atoms with van der Waals surface area (Å²) in [6.45, 7) is 1.13. The summed E-state index contributed by atoms with van der Waals surface area (Å²) in [6, 6.07) is 0. The van der Waals surface area contributed by atoms with Crippen molar-refractivity contribution in [2.45, 2.75) is 19.1 Å². The lowest BCUT2D eigenvalue weighted by Crippen LogP contribution is -2.29. The molecule has 2 N–H and O–H groups in total. The van der Waals surface area contributed by atoms with E-state index in [9.17, 15) is 13.2 Å². The van der Waals surface area contributed by atoms with Crippen LogP contribution in [0.3, 0.4) is 0 Å². The second kappa shape index (κ2) is 4.34. The molecule has 2 aromatic rings. The third kappa shape index (κ3) is 2.39. The van der Waals surface area contributed by atoms with E-state index in [0.29, 0.717) is 29.8 Å². The van der Waals surface area contributed by atoms with Crippen molar-refractivity contribution in [3.05, 3.63) is 21.6 Å². The van der Waals surface area contributed by atoms with Gasteiger partial charge < -0.3 is 10.6 Å². The van der Waals surface area contributed by atoms with Crippen LogP contribution in [-0.4, -0.2) is 16.5 Å². The van der Waals surface area contributed by atoms with Gasteiger partial charge in [-0.1, -0.05) is 0 Å². The molecule has 3 heterocycles. The molecule has 0 saturated carbocycles. The molecule has 0 spiro atoms. The molecule has 2 aromatic heterocycles. The molecule has 4 nitrogen and oxygen atoms in total. The van der Waals surface area contributed by atoms with Crippen LogP contribution in [0.5, 0.6) is 0 Å². The molecule has 0 amide bonds. The van der Waals surface area contributed by atoms with Crippen LogP contribution in [0.25, 0.3) is 0 Å². The maximum atomic E-state index is 12.5. The summed E-state index contributed by atoms with van der Waals surface area (Å²) in [6.07, 6.45) is -3.70. The Kier molecular flexibility index (Phi) is 2.90. The van der Waals surface area contributed by atoms with Gasteiger partial charge in [-0.05, 0) is 0 Å². The molecule has 0 saturated heterocycles. The van der Waals surface area contributed by atoms with Gasteiger partial charge in [0, 0.05) is 23.2 Å². The highest BCUT2D eigenvalue weighted by Crippen LogP contribution is 2.35. The van der Waals surface area contributed by atoms with E-state index in [1.807, 2.05) is 4.90 Å². The summed E-state index contributed by atoms with van der Waals surface area (Å²) in [5, 5.41) is 1.94. The van der Waals surface area contributed by atoms with Crippen LogP contribution in [-0.2, 0) is 19.1 Å². The van der Waals surface area contributed by atoms with Crippen molar-refractivity contribution >= 4 is 32.9 Å². The molecule has 1 aliphatic heterocycles. The SMILES string of the molecule is Nc1nc2c(s1)CN(c1nc(C(F)(F)F)cs1)CC2. The molecule has 19 heavy (non-hydrogen) atoms. The number of fused-ring (bicyclic) bond motifs is 1. The van der Waals surface area contributed by atoms with E-state index in [1.165, 1.54) is 11.3 Å². The first-order chi connectivity index (χ1) is 8.93. The van der Waals surface area contributed by atoms with Crippen LogP contribution in [0.2, 0.25) is 0 Å². The van der Waals surface area contributed by atoms with E-state index in [0.717, 1.165) is 27.3 Å². The number of nitrogens with zero attached hydrogens (tertiary/aromatic N) is 3. The van der Waals surface area contributed by atoms with Crippen molar-refractivity contribution in [3.8, 4) is 0 Å². The molecule has 1 aliphatic rings. The quantitative estimate of drug-likeness (QED) is 0.880. The van der Waals surface area contributed by atoms with E-state index in [-0.39, 0.29) is 0 Å². The van der Waals surface area contributed by atoms with Gasteiger partial charge in [0.05, 0.1) is 12.2 Å². The molecule has 9 heteroatoms. The number of rotatable bonds is 1. The molecule has 0 unspecified atom stereocenters. The predicted octanol–water partition coefficient (Wildman–Crippen LogP) is 2.76. The fourth-order valence-electron chi connectivity index (χ4n) is 1.92. The van der Waals surface area contributed by atoms with Crippen LogP contribution in [0, 0.1) is 0 Å². The predicted molar refractivity (Wildman–Crippen MR) is 68.4 cm³/mol. The number of aromatic nitrogens is 2. The average Bonchev–Trinajstić information content (AvgIpc) is 2.90. The van der Waals surface area contributed by atoms with E-state index in [4.69, 9.17) is 5.73 Å². The number of nitrogens with two attached hydrogens (primary N) is 1. The number of halogens is 3. The molecule has 0 aliphatic carbocycles.